The Morgan fingerprint density at radius 1 is 1.24 bits per heavy atom. The summed E-state index contributed by atoms with van der Waals surface area (Å²) in [5.41, 5.74) is 0.0593. The molecule has 0 spiro atoms. The Bertz CT molecular complexity index is 575. The molecule has 0 heterocycles. The molecule has 2 atom stereocenters. The Kier molecular flexibility index (Phi) is 4.11. The summed E-state index contributed by atoms with van der Waals surface area (Å²) in [4.78, 5) is 35.9. The zero-order valence-electron chi connectivity index (χ0n) is 12.3. The van der Waals surface area contributed by atoms with Gasteiger partial charge in [-0.1, -0.05) is 29.8 Å². The molecule has 0 radical (unpaired) electrons. The minimum Gasteiger partial charge on any atom is -0.465 e. The van der Waals surface area contributed by atoms with Gasteiger partial charge in [0.15, 0.2) is 11.2 Å². The van der Waals surface area contributed by atoms with Gasteiger partial charge in [-0.15, -0.1) is 0 Å². The number of aryl methyl sites for hydroxylation is 1. The second kappa shape index (κ2) is 5.68. The van der Waals surface area contributed by atoms with E-state index in [1.165, 1.54) is 6.92 Å². The van der Waals surface area contributed by atoms with Crippen LogP contribution in [0.5, 0.6) is 0 Å². The number of carbonyl (C=O) groups excluding carboxylic acids is 3. The monoisotopic (exact) mass is 290 g/mol. The molecule has 0 aromatic heterocycles. The lowest BCUT2D eigenvalue weighted by molar-refractivity contribution is -0.151. The molecule has 112 valence electrons. The summed E-state index contributed by atoms with van der Waals surface area (Å²) in [5, 5.41) is 0. The maximum absolute atomic E-state index is 12.7. The lowest BCUT2D eigenvalue weighted by Crippen LogP contribution is -2.32. The number of hydrogen-bond acceptors (Lipinski definition) is 5. The van der Waals surface area contributed by atoms with Crippen LogP contribution in [0.15, 0.2) is 24.3 Å². The van der Waals surface area contributed by atoms with Crippen LogP contribution in [-0.2, 0) is 19.1 Å². The van der Waals surface area contributed by atoms with Crippen molar-refractivity contribution in [3.05, 3.63) is 35.4 Å². The standard InChI is InChI=1S/C16H18O5/c1-4-20-15(19)16(9-13(16)21-11(3)17)14(18)12-7-5-10(2)6-8-12/h5-8,13H,4,9H2,1-3H3/t13?,16-/m1/s1. The normalized spacial score (nSPS) is 23.3. The molecular weight excluding hydrogens is 272 g/mol. The van der Waals surface area contributed by atoms with Crippen LogP contribution in [0.1, 0.15) is 36.2 Å². The summed E-state index contributed by atoms with van der Waals surface area (Å²) in [6.07, 6.45) is -0.555. The van der Waals surface area contributed by atoms with Gasteiger partial charge in [0.05, 0.1) is 6.61 Å². The fourth-order valence-corrected chi connectivity index (χ4v) is 2.34. The Morgan fingerprint density at radius 2 is 1.86 bits per heavy atom. The van der Waals surface area contributed by atoms with E-state index in [-0.39, 0.29) is 18.8 Å². The van der Waals surface area contributed by atoms with Crippen molar-refractivity contribution in [2.75, 3.05) is 6.61 Å². The predicted molar refractivity (Wildman–Crippen MR) is 74.7 cm³/mol. The molecule has 0 saturated heterocycles. The maximum Gasteiger partial charge on any atom is 0.324 e. The van der Waals surface area contributed by atoms with Crippen molar-refractivity contribution in [3.63, 3.8) is 0 Å². The molecule has 1 aromatic rings. The summed E-state index contributed by atoms with van der Waals surface area (Å²) in [6.45, 7) is 5.01. The zero-order chi connectivity index (χ0) is 15.6. The van der Waals surface area contributed by atoms with E-state index in [4.69, 9.17) is 9.47 Å². The van der Waals surface area contributed by atoms with Crippen LogP contribution in [0.2, 0.25) is 0 Å². The molecule has 1 aliphatic carbocycles. The zero-order valence-corrected chi connectivity index (χ0v) is 12.3. The molecule has 0 aliphatic heterocycles. The molecule has 1 saturated carbocycles. The lowest BCUT2D eigenvalue weighted by Gasteiger charge is -2.14. The minimum atomic E-state index is -1.38. The highest BCUT2D eigenvalue weighted by Gasteiger charge is 2.69. The van der Waals surface area contributed by atoms with Gasteiger partial charge in [-0.2, -0.15) is 0 Å². The third-order valence-corrected chi connectivity index (χ3v) is 3.56. The van der Waals surface area contributed by atoms with Gasteiger partial charge in [0.25, 0.3) is 0 Å². The van der Waals surface area contributed by atoms with Gasteiger partial charge in [0.1, 0.15) is 6.10 Å². The number of carbonyl (C=O) groups is 3. The first-order valence-electron chi connectivity index (χ1n) is 6.87. The van der Waals surface area contributed by atoms with E-state index in [0.717, 1.165) is 5.56 Å². The average molecular weight is 290 g/mol. The first-order valence-corrected chi connectivity index (χ1v) is 6.87. The number of ether oxygens (including phenoxy) is 2. The van der Waals surface area contributed by atoms with Crippen molar-refractivity contribution < 1.29 is 23.9 Å². The Morgan fingerprint density at radius 3 is 2.38 bits per heavy atom. The fourth-order valence-electron chi connectivity index (χ4n) is 2.34. The van der Waals surface area contributed by atoms with Crippen molar-refractivity contribution in [2.45, 2.75) is 33.3 Å². The number of Topliss-reactive ketones (excluding diaryl/α,β-unsaturated/α-hetero) is 1. The van der Waals surface area contributed by atoms with E-state index >= 15 is 0 Å². The molecule has 0 bridgehead atoms. The Labute approximate surface area is 123 Å². The Hall–Kier alpha value is -2.17. The van der Waals surface area contributed by atoms with Crippen molar-refractivity contribution in [1.82, 2.24) is 0 Å². The molecule has 1 unspecified atom stereocenters. The quantitative estimate of drug-likeness (QED) is 0.471. The molecule has 1 aliphatic rings. The van der Waals surface area contributed by atoms with Gasteiger partial charge in [0, 0.05) is 18.9 Å². The number of ketones is 1. The largest absolute Gasteiger partial charge is 0.465 e. The molecule has 0 amide bonds. The van der Waals surface area contributed by atoms with Gasteiger partial charge in [-0.3, -0.25) is 14.4 Å². The van der Waals surface area contributed by atoms with Gasteiger partial charge in [-0.05, 0) is 13.8 Å². The van der Waals surface area contributed by atoms with Crippen LogP contribution in [0.25, 0.3) is 0 Å². The highest BCUT2D eigenvalue weighted by atomic mass is 16.6. The number of rotatable bonds is 5. The molecule has 1 fully saturated rings. The summed E-state index contributed by atoms with van der Waals surface area (Å²) in [5.74, 6) is -1.49. The molecule has 1 aromatic carbocycles. The number of esters is 2. The first kappa shape index (κ1) is 15.2. The van der Waals surface area contributed by atoms with Crippen LogP contribution in [0.4, 0.5) is 0 Å². The fraction of sp³-hybridized carbons (Fsp3) is 0.438. The lowest BCUT2D eigenvalue weighted by atomic mass is 9.93. The number of hydrogen-bond donors (Lipinski definition) is 0. The molecule has 5 nitrogen and oxygen atoms in total. The van der Waals surface area contributed by atoms with E-state index in [0.29, 0.717) is 5.56 Å². The molecule has 2 rings (SSSR count). The van der Waals surface area contributed by atoms with Gasteiger partial charge >= 0.3 is 11.9 Å². The second-order valence-corrected chi connectivity index (χ2v) is 5.19. The second-order valence-electron chi connectivity index (χ2n) is 5.19. The van der Waals surface area contributed by atoms with Crippen LogP contribution < -0.4 is 0 Å². The average Bonchev–Trinajstić information content (AvgIpc) is 3.13. The van der Waals surface area contributed by atoms with Crippen molar-refractivity contribution in [2.24, 2.45) is 5.41 Å². The molecule has 21 heavy (non-hydrogen) atoms. The third kappa shape index (κ3) is 2.82. The molecule has 0 N–H and O–H groups in total. The highest BCUT2D eigenvalue weighted by Crippen LogP contribution is 2.52. The topological polar surface area (TPSA) is 69.7 Å². The van der Waals surface area contributed by atoms with E-state index < -0.39 is 23.5 Å². The van der Waals surface area contributed by atoms with E-state index in [1.807, 2.05) is 6.92 Å². The van der Waals surface area contributed by atoms with E-state index in [9.17, 15) is 14.4 Å². The van der Waals surface area contributed by atoms with Gasteiger partial charge in [0.2, 0.25) is 0 Å². The highest BCUT2D eigenvalue weighted by molar-refractivity contribution is 6.16. The van der Waals surface area contributed by atoms with Crippen molar-refractivity contribution in [1.29, 1.82) is 0 Å². The predicted octanol–water partition coefficient (Wildman–Crippen LogP) is 2.06. The van der Waals surface area contributed by atoms with Gasteiger partial charge < -0.3 is 9.47 Å². The van der Waals surface area contributed by atoms with Crippen LogP contribution in [0.3, 0.4) is 0 Å². The van der Waals surface area contributed by atoms with Crippen LogP contribution >= 0.6 is 0 Å². The summed E-state index contributed by atoms with van der Waals surface area (Å²) >= 11 is 0. The Balaban J connectivity index is 2.29. The van der Waals surface area contributed by atoms with Crippen LogP contribution in [0, 0.1) is 12.3 Å². The van der Waals surface area contributed by atoms with E-state index in [1.54, 1.807) is 31.2 Å². The van der Waals surface area contributed by atoms with Crippen LogP contribution in [-0.4, -0.2) is 30.4 Å². The van der Waals surface area contributed by atoms with Gasteiger partial charge in [-0.25, -0.2) is 0 Å². The number of benzene rings is 1. The summed E-state index contributed by atoms with van der Waals surface area (Å²) in [7, 11) is 0. The first-order chi connectivity index (χ1) is 9.91. The maximum atomic E-state index is 12.7. The SMILES string of the molecule is CCOC(=O)[C@]1(C(=O)c2ccc(C)cc2)CC1OC(C)=O. The van der Waals surface area contributed by atoms with Crippen molar-refractivity contribution in [3.8, 4) is 0 Å². The van der Waals surface area contributed by atoms with E-state index in [2.05, 4.69) is 0 Å². The molecule has 5 heteroatoms. The molecular formula is C16H18O5. The minimum absolute atomic E-state index is 0.175. The summed E-state index contributed by atoms with van der Waals surface area (Å²) < 4.78 is 10.0. The smallest absolute Gasteiger partial charge is 0.324 e. The summed E-state index contributed by atoms with van der Waals surface area (Å²) in [6, 6.07) is 6.94. The third-order valence-electron chi connectivity index (χ3n) is 3.56. The van der Waals surface area contributed by atoms with Crippen molar-refractivity contribution >= 4 is 17.7 Å².